The van der Waals surface area contributed by atoms with E-state index in [1.807, 2.05) is 12.1 Å². The predicted molar refractivity (Wildman–Crippen MR) is 58.1 cm³/mol. The zero-order chi connectivity index (χ0) is 12.5. The summed E-state index contributed by atoms with van der Waals surface area (Å²) in [6.07, 6.45) is 0.573. The fraction of sp³-hybridized carbons (Fsp3) is 0.417. The van der Waals surface area contributed by atoms with E-state index in [1.165, 1.54) is 0 Å². The van der Waals surface area contributed by atoms with Crippen LogP contribution in [0.15, 0.2) is 24.3 Å². The Morgan fingerprint density at radius 2 is 2.06 bits per heavy atom. The number of rotatable bonds is 3. The van der Waals surface area contributed by atoms with Gasteiger partial charge < -0.3 is 10.0 Å². The van der Waals surface area contributed by atoms with Crippen LogP contribution in [0, 0.1) is 0 Å². The van der Waals surface area contributed by atoms with E-state index < -0.39 is 19.1 Å². The van der Waals surface area contributed by atoms with E-state index in [0.29, 0.717) is 12.0 Å². The van der Waals surface area contributed by atoms with Crippen molar-refractivity contribution in [1.29, 1.82) is 0 Å². The van der Waals surface area contributed by atoms with Gasteiger partial charge in [0, 0.05) is 12.1 Å². The average Bonchev–Trinajstić information content (AvgIpc) is 2.33. The predicted octanol–water partition coefficient (Wildman–Crippen LogP) is 1.31. The fourth-order valence-corrected chi connectivity index (χ4v) is 1.95. The minimum absolute atomic E-state index is 0.269. The number of hydrogen-bond donors (Lipinski definition) is 1. The van der Waals surface area contributed by atoms with Crippen molar-refractivity contribution in [1.82, 2.24) is 4.90 Å². The Kier molecular flexibility index (Phi) is 3.11. The Bertz CT molecular complexity index is 434. The molecule has 92 valence electrons. The van der Waals surface area contributed by atoms with Crippen LogP contribution in [0.25, 0.3) is 0 Å². The van der Waals surface area contributed by atoms with Crippen molar-refractivity contribution in [3.05, 3.63) is 35.4 Å². The first-order chi connectivity index (χ1) is 8.03. The highest BCUT2D eigenvalue weighted by Gasteiger charge is 2.35. The Hall–Kier alpha value is -1.49. The molecule has 0 saturated heterocycles. The van der Waals surface area contributed by atoms with Gasteiger partial charge in [-0.05, 0) is 18.1 Å². The summed E-state index contributed by atoms with van der Waals surface area (Å²) in [4.78, 5) is 13.0. The number of carbonyl (C=O) groups excluding carboxylic acids is 1. The number of carbonyl (C=O) groups is 1. The summed E-state index contributed by atoms with van der Waals surface area (Å²) in [5.74, 6) is -3.62. The van der Waals surface area contributed by atoms with Gasteiger partial charge in [0.05, 0.1) is 6.54 Å². The van der Waals surface area contributed by atoms with E-state index in [1.54, 1.807) is 12.1 Å². The molecule has 17 heavy (non-hydrogen) atoms. The number of aliphatic hydroxyl groups is 1. The third-order valence-corrected chi connectivity index (χ3v) is 2.84. The molecule has 0 aliphatic carbocycles. The van der Waals surface area contributed by atoms with E-state index >= 15 is 0 Å². The van der Waals surface area contributed by atoms with E-state index in [0.717, 1.165) is 10.5 Å². The van der Waals surface area contributed by atoms with Crippen molar-refractivity contribution in [3.8, 4) is 0 Å². The van der Waals surface area contributed by atoms with Crippen molar-refractivity contribution in [2.24, 2.45) is 0 Å². The highest BCUT2D eigenvalue weighted by atomic mass is 19.3. The van der Waals surface area contributed by atoms with Crippen LogP contribution in [0.4, 0.5) is 8.78 Å². The van der Waals surface area contributed by atoms with Crippen molar-refractivity contribution >= 4 is 5.91 Å². The van der Waals surface area contributed by atoms with E-state index in [-0.39, 0.29) is 12.5 Å². The van der Waals surface area contributed by atoms with Gasteiger partial charge in [0.15, 0.2) is 0 Å². The highest BCUT2D eigenvalue weighted by molar-refractivity contribution is 5.96. The Morgan fingerprint density at radius 1 is 1.35 bits per heavy atom. The molecule has 0 saturated carbocycles. The van der Waals surface area contributed by atoms with Crippen molar-refractivity contribution in [2.45, 2.75) is 12.3 Å². The quantitative estimate of drug-likeness (QED) is 0.866. The molecule has 1 N–H and O–H groups in total. The Labute approximate surface area is 97.7 Å². The number of alkyl halides is 2. The van der Waals surface area contributed by atoms with Crippen molar-refractivity contribution in [2.75, 3.05) is 19.7 Å². The lowest BCUT2D eigenvalue weighted by atomic mass is 9.99. The summed E-state index contributed by atoms with van der Waals surface area (Å²) >= 11 is 0. The summed E-state index contributed by atoms with van der Waals surface area (Å²) < 4.78 is 26.1. The minimum Gasteiger partial charge on any atom is -0.390 e. The van der Waals surface area contributed by atoms with Gasteiger partial charge in [-0.25, -0.2) is 8.78 Å². The molecule has 0 aromatic heterocycles. The van der Waals surface area contributed by atoms with E-state index in [4.69, 9.17) is 5.11 Å². The number of nitrogens with zero attached hydrogens (tertiary/aromatic N) is 1. The lowest BCUT2D eigenvalue weighted by Crippen LogP contribution is -2.45. The van der Waals surface area contributed by atoms with Gasteiger partial charge >= 0.3 is 0 Å². The maximum absolute atomic E-state index is 13.0. The summed E-state index contributed by atoms with van der Waals surface area (Å²) in [5.41, 5.74) is 1.37. The number of fused-ring (bicyclic) bond motifs is 1. The molecule has 0 bridgehead atoms. The molecule has 1 aliphatic rings. The second kappa shape index (κ2) is 4.41. The van der Waals surface area contributed by atoms with Gasteiger partial charge in [0.1, 0.15) is 6.61 Å². The van der Waals surface area contributed by atoms with Crippen LogP contribution >= 0.6 is 0 Å². The van der Waals surface area contributed by atoms with E-state index in [9.17, 15) is 13.6 Å². The zero-order valence-electron chi connectivity index (χ0n) is 9.20. The van der Waals surface area contributed by atoms with E-state index in [2.05, 4.69) is 0 Å². The number of benzene rings is 1. The van der Waals surface area contributed by atoms with Crippen LogP contribution in [0.1, 0.15) is 15.9 Å². The van der Waals surface area contributed by atoms with Gasteiger partial charge in [-0.2, -0.15) is 0 Å². The summed E-state index contributed by atoms with van der Waals surface area (Å²) in [7, 11) is 0. The molecule has 0 fully saturated rings. The maximum atomic E-state index is 13.0. The van der Waals surface area contributed by atoms with Crippen LogP contribution in [0.2, 0.25) is 0 Å². The third kappa shape index (κ3) is 2.44. The zero-order valence-corrected chi connectivity index (χ0v) is 9.20. The summed E-state index contributed by atoms with van der Waals surface area (Å²) in [6, 6.07) is 7.00. The summed E-state index contributed by atoms with van der Waals surface area (Å²) in [5, 5.41) is 8.52. The molecular formula is C12H13F2NO2. The minimum atomic E-state index is -3.23. The molecule has 0 spiro atoms. The number of amides is 1. The summed E-state index contributed by atoms with van der Waals surface area (Å²) in [6.45, 7) is -1.69. The van der Waals surface area contributed by atoms with Gasteiger partial charge in [0.2, 0.25) is 0 Å². The smallest absolute Gasteiger partial charge is 0.287 e. The molecule has 1 aliphatic heterocycles. The molecule has 0 atom stereocenters. The first-order valence-corrected chi connectivity index (χ1v) is 5.39. The van der Waals surface area contributed by atoms with Crippen LogP contribution < -0.4 is 0 Å². The van der Waals surface area contributed by atoms with Crippen LogP contribution in [-0.4, -0.2) is 41.5 Å². The van der Waals surface area contributed by atoms with Gasteiger partial charge in [-0.15, -0.1) is 0 Å². The average molecular weight is 241 g/mol. The monoisotopic (exact) mass is 241 g/mol. The van der Waals surface area contributed by atoms with Gasteiger partial charge in [-0.1, -0.05) is 18.2 Å². The third-order valence-electron chi connectivity index (χ3n) is 2.84. The molecular weight excluding hydrogens is 228 g/mol. The Balaban J connectivity index is 2.18. The molecule has 1 amide bonds. The largest absolute Gasteiger partial charge is 0.390 e. The molecule has 5 heteroatoms. The number of halogens is 2. The lowest BCUT2D eigenvalue weighted by Gasteiger charge is -2.30. The highest BCUT2D eigenvalue weighted by Crippen LogP contribution is 2.22. The molecule has 2 rings (SSSR count). The van der Waals surface area contributed by atoms with Crippen LogP contribution in [0.3, 0.4) is 0 Å². The van der Waals surface area contributed by atoms with Gasteiger partial charge in [-0.3, -0.25) is 4.79 Å². The maximum Gasteiger partial charge on any atom is 0.287 e. The molecule has 3 nitrogen and oxygen atoms in total. The number of aliphatic hydroxyl groups excluding tert-OH is 1. The normalized spacial score (nSPS) is 15.9. The molecule has 0 unspecified atom stereocenters. The second-order valence-electron chi connectivity index (χ2n) is 4.15. The SMILES string of the molecule is O=C1c2ccccc2CCN1CC(F)(F)CO. The standard InChI is InChI=1S/C12H13F2NO2/c13-12(14,8-16)7-15-6-5-9-3-1-2-4-10(9)11(15)17/h1-4,16H,5-8H2. The molecule has 0 radical (unpaired) electrons. The topological polar surface area (TPSA) is 40.5 Å². The fourth-order valence-electron chi connectivity index (χ4n) is 1.95. The molecule has 1 aromatic rings. The van der Waals surface area contributed by atoms with Crippen molar-refractivity contribution < 1.29 is 18.7 Å². The first-order valence-electron chi connectivity index (χ1n) is 5.39. The van der Waals surface area contributed by atoms with Crippen molar-refractivity contribution in [3.63, 3.8) is 0 Å². The van der Waals surface area contributed by atoms with Crippen LogP contribution in [0.5, 0.6) is 0 Å². The molecule has 1 aromatic carbocycles. The second-order valence-corrected chi connectivity index (χ2v) is 4.15. The molecule has 1 heterocycles. The lowest BCUT2D eigenvalue weighted by molar-refractivity contribution is -0.0679. The van der Waals surface area contributed by atoms with Crippen LogP contribution in [-0.2, 0) is 6.42 Å². The van der Waals surface area contributed by atoms with Gasteiger partial charge in [0.25, 0.3) is 11.8 Å². The Morgan fingerprint density at radius 3 is 2.76 bits per heavy atom. The number of hydrogen-bond acceptors (Lipinski definition) is 2. The first kappa shape index (κ1) is 12.0.